The van der Waals surface area contributed by atoms with Gasteiger partial charge in [-0.05, 0) is 5.53 Å². The summed E-state index contributed by atoms with van der Waals surface area (Å²) in [6.45, 7) is -0.746. The average molecular weight is 775 g/mol. The highest BCUT2D eigenvalue weighted by Crippen LogP contribution is 2.35. The van der Waals surface area contributed by atoms with Gasteiger partial charge in [-0.25, -0.2) is 9.59 Å². The van der Waals surface area contributed by atoms with Crippen LogP contribution in [0.3, 0.4) is 0 Å². The maximum atomic E-state index is 12.4. The quantitative estimate of drug-likeness (QED) is 0.0469. The van der Waals surface area contributed by atoms with Crippen LogP contribution in [-0.2, 0) is 52.3 Å². The van der Waals surface area contributed by atoms with Crippen molar-refractivity contribution in [2.75, 3.05) is 20.3 Å². The minimum atomic E-state index is -2.26. The molecule has 0 radical (unpaired) electrons. The first kappa shape index (κ1) is 42.8. The zero-order valence-corrected chi connectivity index (χ0v) is 27.7. The van der Waals surface area contributed by atoms with Crippen LogP contribution >= 0.6 is 0 Å². The van der Waals surface area contributed by atoms with E-state index in [1.165, 1.54) is 7.11 Å². The van der Waals surface area contributed by atoms with E-state index in [-0.39, 0.29) is 0 Å². The first-order valence-corrected chi connectivity index (χ1v) is 15.9. The minimum Gasteiger partial charge on any atom is -0.479 e. The summed E-state index contributed by atoms with van der Waals surface area (Å²) in [6.07, 6.45) is -35.3. The Kier molecular flexibility index (Phi) is 14.6. The second-order valence-corrected chi connectivity index (χ2v) is 12.4. The molecule has 26 heteroatoms. The maximum Gasteiger partial charge on any atom is 0.335 e. The first-order chi connectivity index (χ1) is 25.0. The Hall–Kier alpha value is -2.96. The van der Waals surface area contributed by atoms with E-state index in [9.17, 15) is 76.1 Å². The van der Waals surface area contributed by atoms with Crippen molar-refractivity contribution < 1.29 is 108 Å². The molecule has 0 spiro atoms. The Labute approximate surface area is 297 Å². The zero-order valence-electron chi connectivity index (χ0n) is 27.7. The molecular weight excluding hydrogens is 732 g/mol. The van der Waals surface area contributed by atoms with Gasteiger partial charge in [0, 0.05) is 18.9 Å². The lowest BCUT2D eigenvalue weighted by Crippen LogP contribution is -2.68. The van der Waals surface area contributed by atoms with E-state index in [1.54, 1.807) is 0 Å². The van der Waals surface area contributed by atoms with Crippen molar-refractivity contribution in [2.24, 2.45) is 5.11 Å². The predicted molar refractivity (Wildman–Crippen MR) is 158 cm³/mol. The second kappa shape index (κ2) is 18.1. The van der Waals surface area contributed by atoms with Gasteiger partial charge in [0.05, 0.1) is 19.3 Å². The second-order valence-electron chi connectivity index (χ2n) is 12.4. The van der Waals surface area contributed by atoms with Gasteiger partial charge in [-0.1, -0.05) is 5.11 Å². The molecule has 26 nitrogen and oxygen atoms in total. The zero-order chi connectivity index (χ0) is 39.5. The van der Waals surface area contributed by atoms with Crippen LogP contribution in [0.1, 0.15) is 6.92 Å². The number of rotatable bonds is 13. The lowest BCUT2D eigenvalue weighted by Gasteiger charge is -2.49. The number of azide groups is 1. The summed E-state index contributed by atoms with van der Waals surface area (Å²) in [4.78, 5) is 38.2. The van der Waals surface area contributed by atoms with Crippen molar-refractivity contribution in [3.8, 4) is 0 Å². The molecule has 4 rings (SSSR count). The smallest absolute Gasteiger partial charge is 0.335 e. The molecule has 4 heterocycles. The number of aliphatic hydroxyl groups excluding tert-OH is 9. The van der Waals surface area contributed by atoms with E-state index in [1.807, 2.05) is 0 Å². The molecule has 302 valence electrons. The normalized spacial score (nSPS) is 46.2. The lowest BCUT2D eigenvalue weighted by molar-refractivity contribution is -0.370. The number of hydrogen-bond donors (Lipinski definition) is 12. The number of aliphatic hydroxyl groups is 9. The van der Waals surface area contributed by atoms with E-state index in [2.05, 4.69) is 15.3 Å². The number of aliphatic carboxylic acids is 2. The van der Waals surface area contributed by atoms with Crippen molar-refractivity contribution in [1.82, 2.24) is 5.32 Å². The molecule has 0 aromatic carbocycles. The SMILES string of the molecule is CO[C@H]1O[C@H](CO)[C@@H](O[C@@H]2O[C@H](C(=O)O)[C@@H](O[C@@H]3O[C@H](CO)[C@@H](O[C@@H]4O[C@H](C(=O)O)[C@@H](O)[C@H](O)[C@H]4O)[C@H](O)[C@H]3N=[N+]=[N-])[C@H](O)[C@H]2O)[C@H](O)[C@H]1NC(C)=O. The molecule has 0 bridgehead atoms. The van der Waals surface area contributed by atoms with Crippen LogP contribution in [0.5, 0.6) is 0 Å². The van der Waals surface area contributed by atoms with Gasteiger partial charge in [-0.2, -0.15) is 0 Å². The number of carbonyl (C=O) groups excluding carboxylic acids is 1. The van der Waals surface area contributed by atoms with Crippen LogP contribution in [0.15, 0.2) is 5.11 Å². The third kappa shape index (κ3) is 8.96. The van der Waals surface area contributed by atoms with E-state index >= 15 is 0 Å². The summed E-state index contributed by atoms with van der Waals surface area (Å²) in [6, 6.07) is -3.24. The number of nitrogens with one attached hydrogen (secondary N) is 1. The molecule has 4 saturated heterocycles. The molecule has 4 fully saturated rings. The maximum absolute atomic E-state index is 12.4. The van der Waals surface area contributed by atoms with Crippen LogP contribution in [-0.4, -0.2) is 217 Å². The molecule has 1 amide bonds. The van der Waals surface area contributed by atoms with Gasteiger partial charge in [-0.3, -0.25) is 4.79 Å². The number of carbonyl (C=O) groups is 3. The minimum absolute atomic E-state index is 0.628. The van der Waals surface area contributed by atoms with Crippen molar-refractivity contribution >= 4 is 17.8 Å². The van der Waals surface area contributed by atoms with E-state index in [0.717, 1.165) is 6.92 Å². The van der Waals surface area contributed by atoms with Crippen LogP contribution < -0.4 is 5.32 Å². The Bertz CT molecular complexity index is 1330. The molecule has 4 aliphatic heterocycles. The molecule has 4 aliphatic rings. The van der Waals surface area contributed by atoms with Crippen LogP contribution in [0.2, 0.25) is 0 Å². The third-order valence-corrected chi connectivity index (χ3v) is 8.94. The molecule has 20 atom stereocenters. The molecule has 12 N–H and O–H groups in total. The van der Waals surface area contributed by atoms with Crippen LogP contribution in [0, 0.1) is 0 Å². The van der Waals surface area contributed by atoms with Crippen molar-refractivity contribution in [3.63, 3.8) is 0 Å². The van der Waals surface area contributed by atoms with Crippen molar-refractivity contribution in [2.45, 2.75) is 130 Å². The fraction of sp³-hybridized carbons (Fsp3) is 0.889. The monoisotopic (exact) mass is 774 g/mol. The summed E-state index contributed by atoms with van der Waals surface area (Å²) >= 11 is 0. The Morgan fingerprint density at radius 2 is 1.15 bits per heavy atom. The highest BCUT2D eigenvalue weighted by molar-refractivity contribution is 5.74. The topological polar surface area (TPSA) is 408 Å². The Balaban J connectivity index is 1.54. The number of ether oxygens (including phenoxy) is 8. The van der Waals surface area contributed by atoms with Gasteiger partial charge in [0.15, 0.2) is 37.4 Å². The largest absolute Gasteiger partial charge is 0.479 e. The summed E-state index contributed by atoms with van der Waals surface area (Å²) in [5.74, 6) is -4.23. The number of carboxylic acid groups (broad SMARTS) is 2. The highest BCUT2D eigenvalue weighted by atomic mass is 16.8. The molecular formula is C27H42N4O22. The van der Waals surface area contributed by atoms with E-state index < -0.39 is 154 Å². The molecule has 0 aliphatic carbocycles. The van der Waals surface area contributed by atoms with Crippen molar-refractivity contribution in [1.29, 1.82) is 0 Å². The highest BCUT2D eigenvalue weighted by Gasteiger charge is 2.57. The van der Waals surface area contributed by atoms with Crippen molar-refractivity contribution in [3.05, 3.63) is 10.4 Å². The van der Waals surface area contributed by atoms with Gasteiger partial charge in [0.2, 0.25) is 5.91 Å². The fourth-order valence-corrected chi connectivity index (χ4v) is 6.27. The molecule has 0 aromatic heterocycles. The first-order valence-electron chi connectivity index (χ1n) is 15.9. The number of hydrogen-bond acceptors (Lipinski definition) is 21. The van der Waals surface area contributed by atoms with Gasteiger partial charge in [0.25, 0.3) is 0 Å². The predicted octanol–water partition coefficient (Wildman–Crippen LogP) is -7.45. The number of carboxylic acids is 2. The molecule has 0 aromatic rings. The third-order valence-electron chi connectivity index (χ3n) is 8.94. The summed E-state index contributed by atoms with van der Waals surface area (Å²) < 4.78 is 43.3. The number of methoxy groups -OCH3 is 1. The van der Waals surface area contributed by atoms with E-state index in [4.69, 9.17) is 37.9 Å². The standard InChI is InChI=1S/C27H42N4O22/c1-5(34)29-8-10(35)17(6(3-32)47-24(8)46-2)49-27-16(41)14(39)19(21(53-27)23(44)45)51-25-9(30-31-28)11(36)18(7(4-33)48-25)50-26-15(40)12(37)13(38)20(52-26)22(42)43/h6-21,24-27,32-33,35-41H,3-4H2,1-2H3,(H,29,34)(H,42,43)(H,44,45)/t6-,7-,8-,9-,10-,11-,12+,13+,14-,15-,16-,17-,18-,19+,20+,21+,24+,25+,26-,27-/m1/s1. The fourth-order valence-electron chi connectivity index (χ4n) is 6.27. The van der Waals surface area contributed by atoms with Gasteiger partial charge < -0.3 is 99.4 Å². The van der Waals surface area contributed by atoms with Crippen LogP contribution in [0.4, 0.5) is 0 Å². The molecule has 0 saturated carbocycles. The van der Waals surface area contributed by atoms with Gasteiger partial charge >= 0.3 is 11.9 Å². The van der Waals surface area contributed by atoms with E-state index in [0.29, 0.717) is 0 Å². The number of nitrogens with zero attached hydrogens (tertiary/aromatic N) is 3. The molecule has 0 unspecified atom stereocenters. The molecule has 53 heavy (non-hydrogen) atoms. The lowest BCUT2D eigenvalue weighted by atomic mass is 9.94. The van der Waals surface area contributed by atoms with Gasteiger partial charge in [-0.15, -0.1) is 0 Å². The Morgan fingerprint density at radius 3 is 1.64 bits per heavy atom. The summed E-state index contributed by atoms with van der Waals surface area (Å²) in [7, 11) is 1.19. The average Bonchev–Trinajstić information content (AvgIpc) is 3.11. The van der Waals surface area contributed by atoms with Crippen LogP contribution in [0.25, 0.3) is 10.4 Å². The number of amides is 1. The summed E-state index contributed by atoms with van der Waals surface area (Å²) in [5, 5.41) is 120. The summed E-state index contributed by atoms with van der Waals surface area (Å²) in [5.41, 5.74) is 9.23. The Morgan fingerprint density at radius 1 is 0.660 bits per heavy atom. The van der Waals surface area contributed by atoms with Gasteiger partial charge in [0.1, 0.15) is 79.2 Å².